The molecule has 2 heterocycles. The molecule has 174 valence electrons. The van der Waals surface area contributed by atoms with Gasteiger partial charge in [0.05, 0.1) is 17.3 Å². The van der Waals surface area contributed by atoms with Gasteiger partial charge >= 0.3 is 0 Å². The Morgan fingerprint density at radius 1 is 1.09 bits per heavy atom. The first-order valence-electron chi connectivity index (χ1n) is 10.8. The Balaban J connectivity index is 2.00. The number of anilines is 1. The number of benzene rings is 2. The van der Waals surface area contributed by atoms with E-state index in [1.54, 1.807) is 18.3 Å². The number of aliphatic hydroxyl groups is 1. The lowest BCUT2D eigenvalue weighted by Gasteiger charge is -2.26. The van der Waals surface area contributed by atoms with Crippen molar-refractivity contribution < 1.29 is 19.8 Å². The summed E-state index contributed by atoms with van der Waals surface area (Å²) in [5.41, 5.74) is 2.51. The number of rotatable bonds is 3. The molecule has 4 rings (SSSR count). The van der Waals surface area contributed by atoms with E-state index in [4.69, 9.17) is 11.6 Å². The van der Waals surface area contributed by atoms with Gasteiger partial charge in [0.2, 0.25) is 0 Å². The van der Waals surface area contributed by atoms with Crippen molar-refractivity contribution in [2.45, 2.75) is 39.2 Å². The lowest BCUT2D eigenvalue weighted by Crippen LogP contribution is -2.29. The second kappa shape index (κ2) is 8.61. The van der Waals surface area contributed by atoms with Crippen LogP contribution in [-0.2, 0) is 15.0 Å². The number of aliphatic hydroxyl groups excluding tert-OH is 1. The number of carbonyl (C=O) groups is 2. The maximum atomic E-state index is 13.3. The zero-order chi connectivity index (χ0) is 24.8. The molecule has 1 aliphatic rings. The third-order valence-electron chi connectivity index (χ3n) is 6.00. The van der Waals surface area contributed by atoms with Crippen LogP contribution in [0.2, 0.25) is 5.02 Å². The third-order valence-corrected chi connectivity index (χ3v) is 6.24. The van der Waals surface area contributed by atoms with Gasteiger partial charge in [-0.3, -0.25) is 19.5 Å². The molecule has 6 nitrogen and oxygen atoms in total. The summed E-state index contributed by atoms with van der Waals surface area (Å²) in [5, 5.41) is 22.3. The Kier molecular flexibility index (Phi) is 5.96. The first-order chi connectivity index (χ1) is 16.0. The van der Waals surface area contributed by atoms with Gasteiger partial charge in [-0.25, -0.2) is 0 Å². The molecule has 0 saturated carbocycles. The van der Waals surface area contributed by atoms with Crippen molar-refractivity contribution in [3.05, 3.63) is 93.8 Å². The van der Waals surface area contributed by atoms with Crippen LogP contribution < -0.4 is 4.90 Å². The highest BCUT2D eigenvalue weighted by molar-refractivity contribution is 6.52. The van der Waals surface area contributed by atoms with Crippen LogP contribution in [0.4, 0.5) is 5.69 Å². The number of phenolic OH excluding ortho intramolecular Hbond substituents is 1. The number of nitrogens with zero attached hydrogens (tertiary/aromatic N) is 2. The fourth-order valence-corrected chi connectivity index (χ4v) is 4.28. The van der Waals surface area contributed by atoms with Gasteiger partial charge in [0.15, 0.2) is 0 Å². The van der Waals surface area contributed by atoms with Gasteiger partial charge in [0.25, 0.3) is 11.7 Å². The molecule has 1 aliphatic heterocycles. The van der Waals surface area contributed by atoms with Crippen LogP contribution in [0.1, 0.15) is 49.1 Å². The molecule has 0 bridgehead atoms. The first-order valence-corrected chi connectivity index (χ1v) is 11.2. The van der Waals surface area contributed by atoms with E-state index in [2.05, 4.69) is 25.8 Å². The van der Waals surface area contributed by atoms with Crippen molar-refractivity contribution in [1.82, 2.24) is 4.98 Å². The summed E-state index contributed by atoms with van der Waals surface area (Å²) in [7, 11) is 0. The Hall–Kier alpha value is -3.64. The number of halogens is 1. The van der Waals surface area contributed by atoms with Crippen LogP contribution >= 0.6 is 11.6 Å². The topological polar surface area (TPSA) is 90.7 Å². The van der Waals surface area contributed by atoms with E-state index in [0.29, 0.717) is 11.1 Å². The highest BCUT2D eigenvalue weighted by atomic mass is 35.5. The Morgan fingerprint density at radius 2 is 1.82 bits per heavy atom. The average molecular weight is 477 g/mol. The fraction of sp³-hybridized carbons (Fsp3) is 0.222. The summed E-state index contributed by atoms with van der Waals surface area (Å²) in [6.07, 6.45) is 3.10. The van der Waals surface area contributed by atoms with Gasteiger partial charge in [-0.05, 0) is 59.4 Å². The highest BCUT2D eigenvalue weighted by Gasteiger charge is 2.48. The van der Waals surface area contributed by atoms with Gasteiger partial charge in [-0.1, -0.05) is 50.6 Å². The monoisotopic (exact) mass is 476 g/mol. The second-order valence-electron chi connectivity index (χ2n) is 9.37. The fourth-order valence-electron chi connectivity index (χ4n) is 4.11. The van der Waals surface area contributed by atoms with Crippen LogP contribution in [-0.4, -0.2) is 26.9 Å². The van der Waals surface area contributed by atoms with Crippen molar-refractivity contribution in [2.75, 3.05) is 4.90 Å². The van der Waals surface area contributed by atoms with Crippen LogP contribution in [0, 0.1) is 6.92 Å². The lowest BCUT2D eigenvalue weighted by atomic mass is 9.84. The van der Waals surface area contributed by atoms with Gasteiger partial charge in [0, 0.05) is 23.0 Å². The molecule has 1 fully saturated rings. The molecule has 0 spiro atoms. The van der Waals surface area contributed by atoms with E-state index in [-0.39, 0.29) is 33.2 Å². The molecule has 34 heavy (non-hydrogen) atoms. The van der Waals surface area contributed by atoms with E-state index >= 15 is 0 Å². The van der Waals surface area contributed by atoms with Crippen LogP contribution in [0.25, 0.3) is 5.76 Å². The molecule has 1 unspecified atom stereocenters. The number of aromatic hydroxyl groups is 1. The molecule has 3 aromatic rings. The molecular weight excluding hydrogens is 452 g/mol. The summed E-state index contributed by atoms with van der Waals surface area (Å²) in [4.78, 5) is 31.9. The average Bonchev–Trinajstić information content (AvgIpc) is 3.05. The lowest BCUT2D eigenvalue weighted by molar-refractivity contribution is -0.132. The van der Waals surface area contributed by atoms with Crippen LogP contribution in [0.15, 0.2) is 66.5 Å². The zero-order valence-electron chi connectivity index (χ0n) is 19.3. The number of Topliss-reactive ketones (excluding diaryl/α,β-unsaturated/α-hetero) is 1. The van der Waals surface area contributed by atoms with Crippen LogP contribution in [0.5, 0.6) is 5.75 Å². The van der Waals surface area contributed by atoms with Crippen molar-refractivity contribution >= 4 is 34.7 Å². The number of hydrogen-bond donors (Lipinski definition) is 2. The number of carbonyl (C=O) groups excluding carboxylic acids is 2. The summed E-state index contributed by atoms with van der Waals surface area (Å²) in [6.45, 7) is 7.99. The number of phenols is 1. The van der Waals surface area contributed by atoms with Gasteiger partial charge in [-0.15, -0.1) is 0 Å². The number of ketones is 1. The maximum absolute atomic E-state index is 13.3. The molecule has 0 radical (unpaired) electrons. The molecule has 0 aliphatic carbocycles. The SMILES string of the molecule is Cc1ccc(C(C)(C)C)cc1/C(O)=C1\C(=O)C(=O)N(c2cc(Cl)ccc2O)C1c1cccnc1. The van der Waals surface area contributed by atoms with E-state index < -0.39 is 17.7 Å². The molecule has 1 saturated heterocycles. The van der Waals surface area contributed by atoms with Gasteiger partial charge in [0.1, 0.15) is 11.5 Å². The smallest absolute Gasteiger partial charge is 0.300 e. The highest BCUT2D eigenvalue weighted by Crippen LogP contribution is 2.45. The predicted molar refractivity (Wildman–Crippen MR) is 132 cm³/mol. The van der Waals surface area contributed by atoms with Crippen molar-refractivity contribution in [3.8, 4) is 5.75 Å². The number of hydrogen-bond acceptors (Lipinski definition) is 5. The molecule has 1 atom stereocenters. The largest absolute Gasteiger partial charge is 0.507 e. The number of aryl methyl sites for hydroxylation is 1. The molecule has 2 aromatic carbocycles. The Morgan fingerprint density at radius 3 is 2.47 bits per heavy atom. The Labute approximate surface area is 203 Å². The van der Waals surface area contributed by atoms with Crippen molar-refractivity contribution in [1.29, 1.82) is 0 Å². The minimum Gasteiger partial charge on any atom is -0.507 e. The first kappa shape index (κ1) is 23.5. The van der Waals surface area contributed by atoms with Gasteiger partial charge in [-0.2, -0.15) is 0 Å². The minimum atomic E-state index is -1.00. The van der Waals surface area contributed by atoms with Gasteiger partial charge < -0.3 is 10.2 Å². The number of amides is 1. The van der Waals surface area contributed by atoms with E-state index in [0.717, 1.165) is 16.0 Å². The third kappa shape index (κ3) is 4.05. The molecule has 7 heteroatoms. The van der Waals surface area contributed by atoms with Crippen LogP contribution in [0.3, 0.4) is 0 Å². The summed E-state index contributed by atoms with van der Waals surface area (Å²) in [6, 6.07) is 12.3. The predicted octanol–water partition coefficient (Wildman–Crippen LogP) is 5.67. The second-order valence-corrected chi connectivity index (χ2v) is 9.80. The molecule has 1 aromatic heterocycles. The van der Waals surface area contributed by atoms with Crippen molar-refractivity contribution in [3.63, 3.8) is 0 Å². The summed E-state index contributed by atoms with van der Waals surface area (Å²) < 4.78 is 0. The Bertz CT molecular complexity index is 1330. The normalized spacial score (nSPS) is 17.9. The van der Waals surface area contributed by atoms with Crippen molar-refractivity contribution in [2.24, 2.45) is 0 Å². The number of aromatic nitrogens is 1. The van der Waals surface area contributed by atoms with E-state index in [9.17, 15) is 19.8 Å². The number of pyridine rings is 1. The summed E-state index contributed by atoms with van der Waals surface area (Å²) in [5.74, 6) is -2.23. The quantitative estimate of drug-likeness (QED) is 0.288. The zero-order valence-corrected chi connectivity index (χ0v) is 20.1. The molecule has 1 amide bonds. The van der Waals surface area contributed by atoms with E-state index in [1.165, 1.54) is 24.4 Å². The minimum absolute atomic E-state index is 0.0719. The summed E-state index contributed by atoms with van der Waals surface area (Å²) >= 11 is 6.14. The molecule has 2 N–H and O–H groups in total. The van der Waals surface area contributed by atoms with E-state index in [1.807, 2.05) is 25.1 Å². The maximum Gasteiger partial charge on any atom is 0.300 e. The molecular formula is C27H25ClN2O4. The standard InChI is InChI=1S/C27H25ClN2O4/c1-15-7-8-17(27(2,3)4)12-19(15)24(32)22-23(16-6-5-11-29-14-16)30(26(34)25(22)33)20-13-18(28)9-10-21(20)31/h5-14,23,31-32H,1-4H3/b24-22+.